The summed E-state index contributed by atoms with van der Waals surface area (Å²) in [6.07, 6.45) is -3.84. The Labute approximate surface area is 99.8 Å². The third-order valence-corrected chi connectivity index (χ3v) is 2.58. The molecule has 0 bridgehead atoms. The first kappa shape index (κ1) is 14.2. The van der Waals surface area contributed by atoms with E-state index in [9.17, 15) is 21.6 Å². The lowest BCUT2D eigenvalue weighted by Crippen LogP contribution is -2.32. The molecule has 0 radical (unpaired) electrons. The Bertz CT molecular complexity index is 551. The van der Waals surface area contributed by atoms with Crippen molar-refractivity contribution in [3.63, 3.8) is 0 Å². The van der Waals surface area contributed by atoms with Crippen LogP contribution in [0.3, 0.4) is 0 Å². The number of sulfone groups is 1. The number of nitrogens with zero attached hydrogens (tertiary/aromatic N) is 3. The minimum absolute atomic E-state index is 0.172. The number of alkyl halides is 3. The standard InChI is InChI=1S/C7H8F3N5O2S/c1-18(16,17)5-3-2-4(12-14-5)13-15-6(11)7(8,9)10/h2-3H,1H3,(H2,11,15)(H,12,13). The van der Waals surface area contributed by atoms with Crippen LogP contribution in [0, 0.1) is 0 Å². The highest BCUT2D eigenvalue weighted by atomic mass is 32.2. The molecule has 1 heterocycles. The van der Waals surface area contributed by atoms with Gasteiger partial charge in [0.1, 0.15) is 0 Å². The van der Waals surface area contributed by atoms with E-state index >= 15 is 0 Å². The molecule has 0 aliphatic rings. The van der Waals surface area contributed by atoms with Gasteiger partial charge < -0.3 is 5.73 Å². The molecule has 3 N–H and O–H groups in total. The van der Waals surface area contributed by atoms with Crippen LogP contribution in [0.25, 0.3) is 0 Å². The van der Waals surface area contributed by atoms with Gasteiger partial charge in [-0.3, -0.25) is 5.43 Å². The van der Waals surface area contributed by atoms with Gasteiger partial charge >= 0.3 is 6.18 Å². The van der Waals surface area contributed by atoms with E-state index in [0.29, 0.717) is 0 Å². The summed E-state index contributed by atoms with van der Waals surface area (Å²) in [5, 5.41) is 9.15. The van der Waals surface area contributed by atoms with E-state index in [-0.39, 0.29) is 10.8 Å². The molecule has 0 aromatic carbocycles. The maximum atomic E-state index is 12.0. The minimum atomic E-state index is -4.76. The second-order valence-corrected chi connectivity index (χ2v) is 5.10. The number of anilines is 1. The lowest BCUT2D eigenvalue weighted by molar-refractivity contribution is -0.0599. The average Bonchev–Trinajstić information content (AvgIpc) is 2.24. The van der Waals surface area contributed by atoms with Crippen LogP contribution in [0.15, 0.2) is 22.3 Å². The first-order valence-electron chi connectivity index (χ1n) is 4.31. The number of nitrogens with one attached hydrogen (secondary N) is 1. The number of aromatic nitrogens is 2. The van der Waals surface area contributed by atoms with Crippen LogP contribution in [-0.4, -0.2) is 36.9 Å². The third-order valence-electron chi connectivity index (χ3n) is 1.60. The minimum Gasteiger partial charge on any atom is -0.378 e. The number of hydrazone groups is 1. The Morgan fingerprint density at radius 3 is 2.39 bits per heavy atom. The molecule has 18 heavy (non-hydrogen) atoms. The Balaban J connectivity index is 2.83. The summed E-state index contributed by atoms with van der Waals surface area (Å²) < 4.78 is 57.9. The van der Waals surface area contributed by atoms with Crippen LogP contribution < -0.4 is 11.2 Å². The molecule has 0 fully saturated rings. The van der Waals surface area contributed by atoms with Crippen molar-refractivity contribution in [2.75, 3.05) is 11.7 Å². The summed E-state index contributed by atoms with van der Waals surface area (Å²) in [7, 11) is -3.52. The SMILES string of the molecule is CS(=O)(=O)c1ccc(N/N=C(\N)C(F)(F)F)nn1. The quantitative estimate of drug-likeness (QED) is 0.463. The van der Waals surface area contributed by atoms with E-state index in [1.807, 2.05) is 5.43 Å². The molecule has 1 aromatic heterocycles. The highest BCUT2D eigenvalue weighted by Crippen LogP contribution is 2.14. The Kier molecular flexibility index (Phi) is 3.74. The van der Waals surface area contributed by atoms with Gasteiger partial charge in [0, 0.05) is 6.26 Å². The van der Waals surface area contributed by atoms with E-state index in [1.165, 1.54) is 0 Å². The van der Waals surface area contributed by atoms with E-state index in [1.54, 1.807) is 0 Å². The molecule has 0 saturated heterocycles. The zero-order valence-corrected chi connectivity index (χ0v) is 9.75. The lowest BCUT2D eigenvalue weighted by atomic mass is 10.5. The Morgan fingerprint density at radius 1 is 1.39 bits per heavy atom. The van der Waals surface area contributed by atoms with Gasteiger partial charge in [-0.1, -0.05) is 0 Å². The molecule has 0 unspecified atom stereocenters. The molecule has 1 rings (SSSR count). The normalized spacial score (nSPS) is 13.4. The number of rotatable bonds is 3. The second kappa shape index (κ2) is 4.76. The van der Waals surface area contributed by atoms with Crippen molar-refractivity contribution in [1.82, 2.24) is 10.2 Å². The van der Waals surface area contributed by atoms with Crippen molar-refractivity contribution < 1.29 is 21.6 Å². The fraction of sp³-hybridized carbons (Fsp3) is 0.286. The maximum absolute atomic E-state index is 12.0. The van der Waals surface area contributed by atoms with Gasteiger partial charge in [-0.2, -0.15) is 18.3 Å². The predicted molar refractivity (Wildman–Crippen MR) is 56.4 cm³/mol. The predicted octanol–water partition coefficient (Wildman–Crippen LogP) is 0.127. The van der Waals surface area contributed by atoms with Crippen LogP contribution >= 0.6 is 0 Å². The van der Waals surface area contributed by atoms with E-state index in [0.717, 1.165) is 18.4 Å². The molecule has 0 atom stereocenters. The Hall–Kier alpha value is -1.91. The van der Waals surface area contributed by atoms with Gasteiger partial charge in [-0.05, 0) is 12.1 Å². The second-order valence-electron chi connectivity index (χ2n) is 3.14. The molecular weight excluding hydrogens is 275 g/mol. The number of hydrogen-bond acceptors (Lipinski definition) is 6. The molecule has 7 nitrogen and oxygen atoms in total. The number of hydrogen-bond donors (Lipinski definition) is 2. The van der Waals surface area contributed by atoms with Gasteiger partial charge in [0.15, 0.2) is 20.7 Å². The van der Waals surface area contributed by atoms with Gasteiger partial charge in [-0.25, -0.2) is 8.42 Å². The molecule has 100 valence electrons. The summed E-state index contributed by atoms with van der Waals surface area (Å²) in [4.78, 5) is 0. The summed E-state index contributed by atoms with van der Waals surface area (Å²) in [6, 6.07) is 2.18. The summed E-state index contributed by atoms with van der Waals surface area (Å²) in [5.74, 6) is -1.76. The summed E-state index contributed by atoms with van der Waals surface area (Å²) >= 11 is 0. The fourth-order valence-corrected chi connectivity index (χ4v) is 1.26. The van der Waals surface area contributed by atoms with Crippen molar-refractivity contribution in [3.05, 3.63) is 12.1 Å². The van der Waals surface area contributed by atoms with Gasteiger partial charge in [-0.15, -0.1) is 10.2 Å². The molecule has 0 amide bonds. The van der Waals surface area contributed by atoms with Crippen molar-refractivity contribution in [1.29, 1.82) is 0 Å². The van der Waals surface area contributed by atoms with Crippen LogP contribution in [0.2, 0.25) is 0 Å². The van der Waals surface area contributed by atoms with Crippen molar-refractivity contribution in [2.45, 2.75) is 11.2 Å². The lowest BCUT2D eigenvalue weighted by Gasteiger charge is -2.05. The molecule has 0 saturated carbocycles. The number of nitrogens with two attached hydrogens (primary N) is 1. The zero-order chi connectivity index (χ0) is 14.0. The van der Waals surface area contributed by atoms with Crippen LogP contribution in [0.4, 0.5) is 19.0 Å². The molecular formula is C7H8F3N5O2S. The molecule has 11 heteroatoms. The van der Waals surface area contributed by atoms with Crippen molar-refractivity contribution in [3.8, 4) is 0 Å². The van der Waals surface area contributed by atoms with Crippen molar-refractivity contribution >= 4 is 21.5 Å². The van der Waals surface area contributed by atoms with E-state index < -0.39 is 21.8 Å². The molecule has 0 spiro atoms. The van der Waals surface area contributed by atoms with E-state index in [2.05, 4.69) is 21.0 Å². The van der Waals surface area contributed by atoms with Crippen LogP contribution in [0.1, 0.15) is 0 Å². The zero-order valence-electron chi connectivity index (χ0n) is 8.93. The number of halogens is 3. The molecule has 0 aliphatic heterocycles. The highest BCUT2D eigenvalue weighted by molar-refractivity contribution is 7.90. The molecule has 1 aromatic rings. The highest BCUT2D eigenvalue weighted by Gasteiger charge is 2.33. The van der Waals surface area contributed by atoms with Gasteiger partial charge in [0.25, 0.3) is 0 Å². The number of amidine groups is 1. The third kappa shape index (κ3) is 3.84. The largest absolute Gasteiger partial charge is 0.450 e. The molecule has 0 aliphatic carbocycles. The first-order valence-corrected chi connectivity index (χ1v) is 6.20. The van der Waals surface area contributed by atoms with Crippen molar-refractivity contribution in [2.24, 2.45) is 10.8 Å². The average molecular weight is 283 g/mol. The monoisotopic (exact) mass is 283 g/mol. The summed E-state index contributed by atoms with van der Waals surface area (Å²) in [5.41, 5.74) is 6.52. The summed E-state index contributed by atoms with van der Waals surface area (Å²) in [6.45, 7) is 0. The Morgan fingerprint density at radius 2 is 2.00 bits per heavy atom. The van der Waals surface area contributed by atoms with Crippen LogP contribution in [-0.2, 0) is 9.84 Å². The first-order chi connectivity index (χ1) is 8.10. The van der Waals surface area contributed by atoms with Crippen LogP contribution in [0.5, 0.6) is 0 Å². The fourth-order valence-electron chi connectivity index (χ4n) is 0.758. The smallest absolute Gasteiger partial charge is 0.378 e. The van der Waals surface area contributed by atoms with Gasteiger partial charge in [0.2, 0.25) is 5.84 Å². The maximum Gasteiger partial charge on any atom is 0.450 e. The van der Waals surface area contributed by atoms with E-state index in [4.69, 9.17) is 0 Å². The van der Waals surface area contributed by atoms with Gasteiger partial charge in [0.05, 0.1) is 0 Å². The topological polar surface area (TPSA) is 110 Å².